The molecule has 5 rings (SSSR count). The molecule has 0 saturated carbocycles. The molecule has 0 aliphatic heterocycles. The molecule has 9 heteroatoms. The second-order valence-corrected chi connectivity index (χ2v) is 11.2. The molecule has 0 radical (unpaired) electrons. The van der Waals surface area contributed by atoms with Crippen LogP contribution in [0, 0.1) is 13.8 Å². The van der Waals surface area contributed by atoms with Gasteiger partial charge in [0.05, 0.1) is 17.1 Å². The number of rotatable bonds is 8. The van der Waals surface area contributed by atoms with Crippen LogP contribution in [0.3, 0.4) is 0 Å². The van der Waals surface area contributed by atoms with Crippen LogP contribution >= 0.6 is 39.1 Å². The molecule has 40 heavy (non-hydrogen) atoms. The fourth-order valence-corrected chi connectivity index (χ4v) is 5.45. The van der Waals surface area contributed by atoms with E-state index in [4.69, 9.17) is 32.9 Å². The van der Waals surface area contributed by atoms with Crippen molar-refractivity contribution in [2.75, 3.05) is 0 Å². The Balaban J connectivity index is 1.40. The van der Waals surface area contributed by atoms with Crippen molar-refractivity contribution in [2.24, 2.45) is 5.10 Å². The first kappa shape index (κ1) is 28.1. The lowest BCUT2D eigenvalue weighted by atomic mass is 10.2. The summed E-state index contributed by atoms with van der Waals surface area (Å²) in [6, 6.07) is 20.8. The third-order valence-electron chi connectivity index (χ3n) is 6.64. The molecule has 0 unspecified atom stereocenters. The monoisotopic (exact) mass is 636 g/mol. The molecule has 0 spiro atoms. The van der Waals surface area contributed by atoms with Gasteiger partial charge in [0.2, 0.25) is 0 Å². The molecule has 204 valence electrons. The van der Waals surface area contributed by atoms with Crippen molar-refractivity contribution >= 4 is 56.2 Å². The number of aryl methyl sites for hydroxylation is 2. The molecule has 0 saturated heterocycles. The smallest absolute Gasteiger partial charge is 0.282 e. The van der Waals surface area contributed by atoms with Crippen molar-refractivity contribution in [3.63, 3.8) is 0 Å². The summed E-state index contributed by atoms with van der Waals surface area (Å²) in [5.74, 6) is 1.38. The first-order chi connectivity index (χ1) is 19.2. The summed E-state index contributed by atoms with van der Waals surface area (Å²) in [6.45, 7) is 6.48. The SMILES string of the molecule is CCCc1nc2ccc(Br)cc2c(=O)n1N=Cc1cc(C)n(-c2ccc(OCc3ccc(Cl)cc3Cl)cc2)c1C. The van der Waals surface area contributed by atoms with Gasteiger partial charge in [0.25, 0.3) is 5.56 Å². The number of halogens is 3. The summed E-state index contributed by atoms with van der Waals surface area (Å²) in [4.78, 5) is 18.1. The molecular weight excluding hydrogens is 611 g/mol. The van der Waals surface area contributed by atoms with Crippen molar-refractivity contribution < 1.29 is 4.74 Å². The molecule has 0 aliphatic carbocycles. The van der Waals surface area contributed by atoms with Gasteiger partial charge in [-0.25, -0.2) is 4.98 Å². The van der Waals surface area contributed by atoms with Gasteiger partial charge in [0.1, 0.15) is 18.2 Å². The number of hydrogen-bond donors (Lipinski definition) is 0. The minimum atomic E-state index is -0.185. The first-order valence-electron chi connectivity index (χ1n) is 12.9. The van der Waals surface area contributed by atoms with Gasteiger partial charge in [-0.05, 0) is 80.9 Å². The molecule has 3 aromatic carbocycles. The predicted octanol–water partition coefficient (Wildman–Crippen LogP) is 8.29. The van der Waals surface area contributed by atoms with Crippen LogP contribution in [-0.2, 0) is 13.0 Å². The maximum Gasteiger partial charge on any atom is 0.282 e. The Bertz CT molecular complexity index is 1790. The van der Waals surface area contributed by atoms with Gasteiger partial charge in [0, 0.05) is 49.1 Å². The van der Waals surface area contributed by atoms with E-state index in [-0.39, 0.29) is 5.56 Å². The van der Waals surface area contributed by atoms with E-state index in [2.05, 4.69) is 38.6 Å². The van der Waals surface area contributed by atoms with Crippen molar-refractivity contribution in [3.05, 3.63) is 120 Å². The number of nitrogens with zero attached hydrogens (tertiary/aromatic N) is 4. The van der Waals surface area contributed by atoms with E-state index in [9.17, 15) is 4.79 Å². The second kappa shape index (κ2) is 12.0. The highest BCUT2D eigenvalue weighted by Crippen LogP contribution is 2.25. The maximum atomic E-state index is 13.3. The van der Waals surface area contributed by atoms with Gasteiger partial charge in [-0.2, -0.15) is 9.78 Å². The molecule has 0 aliphatic rings. The number of benzene rings is 3. The van der Waals surface area contributed by atoms with Crippen molar-refractivity contribution in [1.29, 1.82) is 0 Å². The zero-order valence-electron chi connectivity index (χ0n) is 22.3. The minimum Gasteiger partial charge on any atom is -0.489 e. The van der Waals surface area contributed by atoms with Crippen molar-refractivity contribution in [1.82, 2.24) is 14.2 Å². The van der Waals surface area contributed by atoms with Crippen LogP contribution in [0.15, 0.2) is 81.1 Å². The van der Waals surface area contributed by atoms with Crippen LogP contribution in [0.4, 0.5) is 0 Å². The fourth-order valence-electron chi connectivity index (χ4n) is 4.63. The first-order valence-corrected chi connectivity index (χ1v) is 14.4. The predicted molar refractivity (Wildman–Crippen MR) is 167 cm³/mol. The van der Waals surface area contributed by atoms with Gasteiger partial charge in [-0.15, -0.1) is 0 Å². The molecule has 5 aromatic rings. The van der Waals surface area contributed by atoms with Crippen LogP contribution in [0.5, 0.6) is 5.75 Å². The molecular formula is C31H27BrCl2N4O2. The average molecular weight is 638 g/mol. The van der Waals surface area contributed by atoms with Crippen LogP contribution in [0.1, 0.15) is 41.7 Å². The third kappa shape index (κ3) is 5.87. The van der Waals surface area contributed by atoms with E-state index in [1.54, 1.807) is 24.4 Å². The molecule has 0 N–H and O–H groups in total. The summed E-state index contributed by atoms with van der Waals surface area (Å²) in [5.41, 5.74) is 5.31. The van der Waals surface area contributed by atoms with Crippen LogP contribution in [-0.4, -0.2) is 20.4 Å². The van der Waals surface area contributed by atoms with Gasteiger partial charge in [0.15, 0.2) is 0 Å². The third-order valence-corrected chi connectivity index (χ3v) is 7.72. The van der Waals surface area contributed by atoms with Crippen molar-refractivity contribution in [2.45, 2.75) is 40.2 Å². The Morgan fingerprint density at radius 2 is 1.80 bits per heavy atom. The Hall–Kier alpha value is -3.39. The largest absolute Gasteiger partial charge is 0.489 e. The molecule has 2 aromatic heterocycles. The summed E-state index contributed by atoms with van der Waals surface area (Å²) >= 11 is 15.7. The highest BCUT2D eigenvalue weighted by molar-refractivity contribution is 9.10. The van der Waals surface area contributed by atoms with Gasteiger partial charge in [-0.3, -0.25) is 4.79 Å². The minimum absolute atomic E-state index is 0.185. The zero-order chi connectivity index (χ0) is 28.4. The van der Waals surface area contributed by atoms with Gasteiger partial charge < -0.3 is 9.30 Å². The van der Waals surface area contributed by atoms with Gasteiger partial charge >= 0.3 is 0 Å². The second-order valence-electron chi connectivity index (χ2n) is 9.48. The van der Waals surface area contributed by atoms with Crippen molar-refractivity contribution in [3.8, 4) is 11.4 Å². The molecule has 2 heterocycles. The fraction of sp³-hybridized carbons (Fsp3) is 0.194. The number of hydrogen-bond acceptors (Lipinski definition) is 4. The summed E-state index contributed by atoms with van der Waals surface area (Å²) in [7, 11) is 0. The Morgan fingerprint density at radius 3 is 2.52 bits per heavy atom. The zero-order valence-corrected chi connectivity index (χ0v) is 25.4. The molecule has 0 fully saturated rings. The van der Waals surface area contributed by atoms with E-state index in [0.29, 0.717) is 39.8 Å². The highest BCUT2D eigenvalue weighted by atomic mass is 79.9. The summed E-state index contributed by atoms with van der Waals surface area (Å²) < 4.78 is 10.3. The highest BCUT2D eigenvalue weighted by Gasteiger charge is 2.13. The molecule has 6 nitrogen and oxygen atoms in total. The summed E-state index contributed by atoms with van der Waals surface area (Å²) in [6.07, 6.45) is 3.24. The number of aromatic nitrogens is 3. The lowest BCUT2D eigenvalue weighted by Crippen LogP contribution is -2.22. The van der Waals surface area contributed by atoms with Crippen LogP contribution < -0.4 is 10.3 Å². The quantitative estimate of drug-likeness (QED) is 0.161. The lowest BCUT2D eigenvalue weighted by molar-refractivity contribution is 0.306. The Morgan fingerprint density at radius 1 is 1.02 bits per heavy atom. The number of fused-ring (bicyclic) bond motifs is 1. The maximum absolute atomic E-state index is 13.3. The normalized spacial score (nSPS) is 11.6. The molecule has 0 bridgehead atoms. The Kier molecular flexibility index (Phi) is 8.45. The van der Waals surface area contributed by atoms with E-state index < -0.39 is 0 Å². The molecule has 0 amide bonds. The lowest BCUT2D eigenvalue weighted by Gasteiger charge is -2.12. The van der Waals surface area contributed by atoms with Gasteiger partial charge in [-0.1, -0.05) is 52.1 Å². The van der Waals surface area contributed by atoms with Crippen LogP contribution in [0.2, 0.25) is 10.0 Å². The van der Waals surface area contributed by atoms with E-state index in [1.807, 2.05) is 56.3 Å². The molecule has 0 atom stereocenters. The Labute approximate surface area is 251 Å². The van der Waals surface area contributed by atoms with E-state index in [1.165, 1.54) is 4.68 Å². The van der Waals surface area contributed by atoms with E-state index in [0.717, 1.165) is 44.8 Å². The number of ether oxygens (including phenoxy) is 1. The standard InChI is InChI=1S/C31H27BrCl2N4O2/c1-4-5-30-36-29-13-7-23(32)15-27(29)31(39)38(30)35-17-22-14-19(2)37(20(22)3)25-9-11-26(12-10-25)40-18-21-6-8-24(33)16-28(21)34/h6-17H,4-5,18H2,1-3H3. The summed E-state index contributed by atoms with van der Waals surface area (Å²) in [5, 5.41) is 6.31. The van der Waals surface area contributed by atoms with Crippen LogP contribution in [0.25, 0.3) is 16.6 Å². The topological polar surface area (TPSA) is 61.4 Å². The van der Waals surface area contributed by atoms with E-state index >= 15 is 0 Å². The average Bonchev–Trinajstić information content (AvgIpc) is 3.21.